The van der Waals surface area contributed by atoms with E-state index in [2.05, 4.69) is 20.8 Å². The molecule has 23 heavy (non-hydrogen) atoms. The Morgan fingerprint density at radius 3 is 2.78 bits per heavy atom. The molecule has 0 spiro atoms. The van der Waals surface area contributed by atoms with Gasteiger partial charge in [0.1, 0.15) is 5.01 Å². The molecule has 1 atom stereocenters. The Bertz CT molecular complexity index is 560. The average Bonchev–Trinajstić information content (AvgIpc) is 3.05. The lowest BCUT2D eigenvalue weighted by molar-refractivity contribution is -0.143. The minimum Gasteiger partial charge on any atom is -0.337 e. The molecule has 2 fully saturated rings. The summed E-state index contributed by atoms with van der Waals surface area (Å²) in [5.41, 5.74) is 0. The zero-order valence-corrected chi connectivity index (χ0v) is 13.2. The summed E-state index contributed by atoms with van der Waals surface area (Å²) < 4.78 is 37.0. The molecular weight excluding hydrogens is 331 g/mol. The smallest absolute Gasteiger partial charge is 0.337 e. The minimum atomic E-state index is -4.17. The molecule has 0 radical (unpaired) electrons. The zero-order valence-electron chi connectivity index (χ0n) is 12.4. The fraction of sp³-hybridized carbons (Fsp3) is 0.769. The van der Waals surface area contributed by atoms with E-state index in [0.29, 0.717) is 37.1 Å². The van der Waals surface area contributed by atoms with Gasteiger partial charge in [-0.1, -0.05) is 11.3 Å². The van der Waals surface area contributed by atoms with Crippen molar-refractivity contribution in [2.24, 2.45) is 5.92 Å². The zero-order chi connectivity index (χ0) is 16.4. The molecule has 1 saturated carbocycles. The van der Waals surface area contributed by atoms with E-state index in [-0.39, 0.29) is 5.92 Å². The number of anilines is 1. The van der Waals surface area contributed by atoms with Crippen LogP contribution in [0.25, 0.3) is 0 Å². The minimum absolute atomic E-state index is 0.0412. The van der Waals surface area contributed by atoms with Crippen LogP contribution in [0.5, 0.6) is 0 Å². The van der Waals surface area contributed by atoms with E-state index in [1.807, 2.05) is 0 Å². The van der Waals surface area contributed by atoms with Crippen molar-refractivity contribution in [3.63, 3.8) is 0 Å². The van der Waals surface area contributed by atoms with Gasteiger partial charge in [-0.05, 0) is 31.7 Å². The maximum Gasteiger partial charge on any atom is 0.401 e. The van der Waals surface area contributed by atoms with Crippen LogP contribution in [0.2, 0.25) is 0 Å². The highest BCUT2D eigenvalue weighted by atomic mass is 32.1. The number of rotatable bonds is 5. The third kappa shape index (κ3) is 5.03. The van der Waals surface area contributed by atoms with Crippen LogP contribution in [0.4, 0.5) is 23.1 Å². The molecule has 2 heterocycles. The van der Waals surface area contributed by atoms with Crippen molar-refractivity contribution in [3.05, 3.63) is 5.01 Å². The van der Waals surface area contributed by atoms with Gasteiger partial charge in [-0.15, -0.1) is 10.2 Å². The highest BCUT2D eigenvalue weighted by Crippen LogP contribution is 2.42. The second kappa shape index (κ2) is 6.60. The molecule has 1 aromatic heterocycles. The van der Waals surface area contributed by atoms with Crippen LogP contribution in [-0.4, -0.2) is 53.5 Å². The number of aromatic nitrogens is 2. The van der Waals surface area contributed by atoms with Crippen molar-refractivity contribution in [2.45, 2.75) is 31.4 Å². The molecule has 3 rings (SSSR count). The van der Waals surface area contributed by atoms with Gasteiger partial charge >= 0.3 is 12.2 Å². The Kier molecular flexibility index (Phi) is 4.72. The van der Waals surface area contributed by atoms with Crippen molar-refractivity contribution in [3.8, 4) is 0 Å². The van der Waals surface area contributed by atoms with Crippen LogP contribution in [-0.2, 0) is 0 Å². The molecule has 1 aromatic rings. The summed E-state index contributed by atoms with van der Waals surface area (Å²) in [4.78, 5) is 13.2. The first kappa shape index (κ1) is 16.4. The van der Waals surface area contributed by atoms with Crippen molar-refractivity contribution in [1.29, 1.82) is 0 Å². The van der Waals surface area contributed by atoms with Crippen LogP contribution in [0, 0.1) is 5.92 Å². The predicted octanol–water partition coefficient (Wildman–Crippen LogP) is 2.42. The van der Waals surface area contributed by atoms with Crippen molar-refractivity contribution in [2.75, 3.05) is 31.5 Å². The molecule has 1 saturated heterocycles. The number of likely N-dealkylation sites (tertiary alicyclic amines) is 1. The molecule has 2 N–H and O–H groups in total. The van der Waals surface area contributed by atoms with Gasteiger partial charge in [0.05, 0.1) is 6.54 Å². The van der Waals surface area contributed by atoms with Gasteiger partial charge in [0.2, 0.25) is 5.13 Å². The summed E-state index contributed by atoms with van der Waals surface area (Å²) in [7, 11) is 0. The quantitative estimate of drug-likeness (QED) is 0.857. The number of nitrogens with one attached hydrogen (secondary N) is 2. The second-order valence-electron chi connectivity index (χ2n) is 6.06. The number of halogens is 3. The number of carbonyl (C=O) groups is 1. The maximum atomic E-state index is 12.3. The van der Waals surface area contributed by atoms with E-state index in [0.717, 1.165) is 17.8 Å². The first-order valence-electron chi connectivity index (χ1n) is 7.56. The van der Waals surface area contributed by atoms with Gasteiger partial charge in [-0.25, -0.2) is 4.79 Å². The van der Waals surface area contributed by atoms with Gasteiger partial charge in [-0.3, -0.25) is 10.2 Å². The standard InChI is InChI=1S/C13H18F3N5OS/c14-13(15,16)7-21-4-3-8(6-21)5-17-11(22)18-12-20-19-10(23-12)9-1-2-9/h8-9H,1-7H2,(H2,17,18,20,22)/t8-/m0/s1. The number of amides is 2. The third-order valence-corrected chi connectivity index (χ3v) is 4.91. The van der Waals surface area contributed by atoms with Crippen LogP contribution in [0.15, 0.2) is 0 Å². The lowest BCUT2D eigenvalue weighted by Crippen LogP contribution is -2.36. The van der Waals surface area contributed by atoms with Crippen LogP contribution in [0.1, 0.15) is 30.2 Å². The summed E-state index contributed by atoms with van der Waals surface area (Å²) in [5, 5.41) is 14.6. The lowest BCUT2D eigenvalue weighted by atomic mass is 10.1. The molecule has 128 valence electrons. The number of carbonyl (C=O) groups excluding carboxylic acids is 1. The lowest BCUT2D eigenvalue weighted by Gasteiger charge is -2.17. The summed E-state index contributed by atoms with van der Waals surface area (Å²) in [5.74, 6) is 0.531. The van der Waals surface area contributed by atoms with E-state index >= 15 is 0 Å². The summed E-state index contributed by atoms with van der Waals surface area (Å²) in [6.45, 7) is 0.234. The number of hydrogen-bond acceptors (Lipinski definition) is 5. The predicted molar refractivity (Wildman–Crippen MR) is 79.5 cm³/mol. The fourth-order valence-corrected chi connectivity index (χ4v) is 3.54. The van der Waals surface area contributed by atoms with Crippen molar-refractivity contribution in [1.82, 2.24) is 20.4 Å². The Morgan fingerprint density at radius 1 is 1.30 bits per heavy atom. The Labute approximate surface area is 135 Å². The monoisotopic (exact) mass is 349 g/mol. The molecule has 0 unspecified atom stereocenters. The van der Waals surface area contributed by atoms with Gasteiger partial charge in [0, 0.05) is 19.0 Å². The fourth-order valence-electron chi connectivity index (χ4n) is 2.64. The van der Waals surface area contributed by atoms with E-state index in [1.54, 1.807) is 0 Å². The molecule has 1 aliphatic carbocycles. The number of urea groups is 1. The van der Waals surface area contributed by atoms with Crippen LogP contribution in [0.3, 0.4) is 0 Å². The molecule has 1 aliphatic heterocycles. The van der Waals surface area contributed by atoms with Gasteiger partial charge in [0.15, 0.2) is 0 Å². The van der Waals surface area contributed by atoms with Crippen molar-refractivity contribution >= 4 is 22.5 Å². The SMILES string of the molecule is O=C(NC[C@@H]1CCN(CC(F)(F)F)C1)Nc1nnc(C2CC2)s1. The van der Waals surface area contributed by atoms with Gasteiger partial charge < -0.3 is 5.32 Å². The normalized spacial score (nSPS) is 22.3. The maximum absolute atomic E-state index is 12.3. The highest BCUT2D eigenvalue weighted by Gasteiger charge is 2.34. The van der Waals surface area contributed by atoms with Gasteiger partial charge in [-0.2, -0.15) is 13.2 Å². The van der Waals surface area contributed by atoms with E-state index < -0.39 is 18.8 Å². The van der Waals surface area contributed by atoms with Crippen LogP contribution >= 0.6 is 11.3 Å². The Morgan fingerprint density at radius 2 is 2.09 bits per heavy atom. The molecular formula is C13H18F3N5OS. The Hall–Kier alpha value is -1.42. The first-order valence-corrected chi connectivity index (χ1v) is 8.38. The first-order chi connectivity index (χ1) is 10.9. The molecule has 6 nitrogen and oxygen atoms in total. The van der Waals surface area contributed by atoms with Gasteiger partial charge in [0.25, 0.3) is 0 Å². The topological polar surface area (TPSA) is 70.2 Å². The van der Waals surface area contributed by atoms with E-state index in [4.69, 9.17) is 0 Å². The second-order valence-corrected chi connectivity index (χ2v) is 7.07. The summed E-state index contributed by atoms with van der Waals surface area (Å²) >= 11 is 1.37. The van der Waals surface area contributed by atoms with E-state index in [1.165, 1.54) is 16.2 Å². The summed E-state index contributed by atoms with van der Waals surface area (Å²) in [6, 6.07) is -0.391. The highest BCUT2D eigenvalue weighted by molar-refractivity contribution is 7.15. The number of nitrogens with zero attached hydrogens (tertiary/aromatic N) is 3. The number of hydrogen-bond donors (Lipinski definition) is 2. The third-order valence-electron chi connectivity index (χ3n) is 3.91. The molecule has 2 amide bonds. The summed E-state index contributed by atoms with van der Waals surface area (Å²) in [6.07, 6.45) is -1.27. The molecule has 0 aromatic carbocycles. The molecule has 0 bridgehead atoms. The molecule has 10 heteroatoms. The van der Waals surface area contributed by atoms with Crippen LogP contribution < -0.4 is 10.6 Å². The largest absolute Gasteiger partial charge is 0.401 e. The average molecular weight is 349 g/mol. The van der Waals surface area contributed by atoms with Crippen molar-refractivity contribution < 1.29 is 18.0 Å². The molecule has 2 aliphatic rings. The number of alkyl halides is 3. The van der Waals surface area contributed by atoms with E-state index in [9.17, 15) is 18.0 Å². The Balaban J connectivity index is 1.37.